The van der Waals surface area contributed by atoms with Crippen LogP contribution in [0.15, 0.2) is 63.1 Å². The minimum Gasteiger partial charge on any atom is -0.315 e. The maximum absolute atomic E-state index is 16.0. The SMILES string of the molecule is Cc1cnc(-c2cccc(S(C)(=O)=O)c2F)c(F)c1-n1c(C)cc([C@H]2C[C@@H]2c2cccc(=O)n2C)c(Cl)c1=O. The number of benzene rings is 1. The molecule has 4 aromatic rings. The highest BCUT2D eigenvalue weighted by Crippen LogP contribution is 2.55. The van der Waals surface area contributed by atoms with Crippen molar-refractivity contribution in [2.24, 2.45) is 7.05 Å². The highest BCUT2D eigenvalue weighted by atomic mass is 35.5. The lowest BCUT2D eigenvalue weighted by atomic mass is 10.1. The van der Waals surface area contributed by atoms with Crippen molar-refractivity contribution >= 4 is 21.4 Å². The van der Waals surface area contributed by atoms with Crippen LogP contribution in [0.25, 0.3) is 16.9 Å². The molecule has 2 atom stereocenters. The zero-order valence-electron chi connectivity index (χ0n) is 21.5. The Morgan fingerprint density at radius 1 is 1.03 bits per heavy atom. The average Bonchev–Trinajstić information content (AvgIpc) is 3.65. The van der Waals surface area contributed by atoms with Crippen molar-refractivity contribution in [3.8, 4) is 16.9 Å². The van der Waals surface area contributed by atoms with Crippen LogP contribution in [0.4, 0.5) is 8.78 Å². The van der Waals surface area contributed by atoms with Crippen LogP contribution < -0.4 is 11.1 Å². The summed E-state index contributed by atoms with van der Waals surface area (Å²) in [6.07, 6.45) is 2.84. The van der Waals surface area contributed by atoms with Crippen molar-refractivity contribution in [1.29, 1.82) is 0 Å². The van der Waals surface area contributed by atoms with Gasteiger partial charge in [0.2, 0.25) is 5.56 Å². The second-order valence-corrected chi connectivity index (χ2v) is 12.2. The van der Waals surface area contributed by atoms with Gasteiger partial charge in [0, 0.05) is 48.4 Å². The number of pyridine rings is 3. The predicted molar refractivity (Wildman–Crippen MR) is 145 cm³/mol. The number of nitrogens with zero attached hydrogens (tertiary/aromatic N) is 3. The summed E-state index contributed by atoms with van der Waals surface area (Å²) in [5.41, 5.74) is 0.428. The molecule has 1 aliphatic rings. The minimum atomic E-state index is -3.92. The molecular weight excluding hydrogens is 548 g/mol. The summed E-state index contributed by atoms with van der Waals surface area (Å²) in [5.74, 6) is -2.20. The van der Waals surface area contributed by atoms with Gasteiger partial charge >= 0.3 is 0 Å². The molecule has 11 heteroatoms. The standard InChI is InChI=1S/C28H24ClF2N3O4S/c1-14-13-32-26(16-7-5-9-21(24(16)30)39(4,37)38)25(31)27(14)34-15(2)11-19(23(29)28(34)36)17-12-18(17)20-8-6-10-22(35)33(20)3/h5-11,13,17-18H,12H2,1-4H3/t17-,18-/m0/s1. The van der Waals surface area contributed by atoms with Crippen LogP contribution in [-0.2, 0) is 16.9 Å². The van der Waals surface area contributed by atoms with Gasteiger partial charge in [-0.2, -0.15) is 0 Å². The summed E-state index contributed by atoms with van der Waals surface area (Å²) >= 11 is 6.57. The molecule has 0 bridgehead atoms. The third-order valence-corrected chi connectivity index (χ3v) is 8.67. The third-order valence-electron chi connectivity index (χ3n) is 7.17. The Morgan fingerprint density at radius 2 is 1.72 bits per heavy atom. The maximum atomic E-state index is 16.0. The molecule has 0 aliphatic heterocycles. The summed E-state index contributed by atoms with van der Waals surface area (Å²) in [4.78, 5) is 29.1. The number of sulfone groups is 1. The number of hydrogen-bond donors (Lipinski definition) is 0. The van der Waals surface area contributed by atoms with Gasteiger partial charge in [-0.3, -0.25) is 19.1 Å². The van der Waals surface area contributed by atoms with Crippen LogP contribution in [0.2, 0.25) is 5.02 Å². The summed E-state index contributed by atoms with van der Waals surface area (Å²) in [6.45, 7) is 3.19. The summed E-state index contributed by atoms with van der Waals surface area (Å²) < 4.78 is 57.9. The Balaban J connectivity index is 1.63. The largest absolute Gasteiger partial charge is 0.315 e. The molecule has 1 saturated carbocycles. The first-order chi connectivity index (χ1) is 18.3. The van der Waals surface area contributed by atoms with Gasteiger partial charge in [-0.1, -0.05) is 23.7 Å². The van der Waals surface area contributed by atoms with E-state index in [0.29, 0.717) is 23.2 Å². The van der Waals surface area contributed by atoms with E-state index in [4.69, 9.17) is 11.6 Å². The molecule has 0 saturated heterocycles. The third kappa shape index (κ3) is 4.51. The molecule has 0 amide bonds. The van der Waals surface area contributed by atoms with Crippen LogP contribution in [0.1, 0.15) is 40.8 Å². The van der Waals surface area contributed by atoms with Gasteiger partial charge in [-0.15, -0.1) is 0 Å². The highest BCUT2D eigenvalue weighted by Gasteiger charge is 2.43. The summed E-state index contributed by atoms with van der Waals surface area (Å²) in [6, 6.07) is 10.4. The first-order valence-electron chi connectivity index (χ1n) is 12.0. The van der Waals surface area contributed by atoms with E-state index in [9.17, 15) is 18.0 Å². The van der Waals surface area contributed by atoms with Gasteiger partial charge in [0.15, 0.2) is 21.5 Å². The van der Waals surface area contributed by atoms with Gasteiger partial charge < -0.3 is 4.57 Å². The van der Waals surface area contributed by atoms with E-state index >= 15 is 8.78 Å². The number of aryl methyl sites for hydroxylation is 2. The predicted octanol–water partition coefficient (Wildman–Crippen LogP) is 4.82. The molecule has 202 valence electrons. The molecule has 7 nitrogen and oxygen atoms in total. The number of rotatable bonds is 5. The number of halogens is 3. The Kier molecular flexibility index (Phi) is 6.59. The fourth-order valence-corrected chi connectivity index (χ4v) is 6.15. The summed E-state index contributed by atoms with van der Waals surface area (Å²) in [5, 5.41) is -0.0727. The maximum Gasteiger partial charge on any atom is 0.274 e. The molecule has 0 unspecified atom stereocenters. The van der Waals surface area contributed by atoms with E-state index in [1.807, 2.05) is 6.07 Å². The Bertz CT molecular complexity index is 1900. The lowest BCUT2D eigenvalue weighted by Crippen LogP contribution is -2.25. The van der Waals surface area contributed by atoms with E-state index in [2.05, 4.69) is 4.98 Å². The van der Waals surface area contributed by atoms with Gasteiger partial charge in [-0.25, -0.2) is 17.2 Å². The van der Waals surface area contributed by atoms with Crippen molar-refractivity contribution in [2.75, 3.05) is 6.26 Å². The topological polar surface area (TPSA) is 91.0 Å². The lowest BCUT2D eigenvalue weighted by molar-refractivity contribution is 0.569. The zero-order chi connectivity index (χ0) is 28.4. The van der Waals surface area contributed by atoms with Crippen molar-refractivity contribution in [2.45, 2.75) is 37.0 Å². The number of aromatic nitrogens is 3. The molecule has 0 spiro atoms. The van der Waals surface area contributed by atoms with Crippen molar-refractivity contribution in [3.63, 3.8) is 0 Å². The molecule has 1 aromatic carbocycles. The van der Waals surface area contributed by atoms with Gasteiger partial charge in [0.05, 0.1) is 5.69 Å². The Labute approximate surface area is 228 Å². The molecule has 0 N–H and O–H groups in total. The van der Waals surface area contributed by atoms with Crippen molar-refractivity contribution in [1.82, 2.24) is 14.1 Å². The van der Waals surface area contributed by atoms with E-state index in [1.165, 1.54) is 24.4 Å². The van der Waals surface area contributed by atoms with E-state index in [1.54, 1.807) is 37.6 Å². The first-order valence-corrected chi connectivity index (χ1v) is 14.3. The van der Waals surface area contributed by atoms with Crippen LogP contribution in [0.5, 0.6) is 0 Å². The fourth-order valence-electron chi connectivity index (χ4n) is 5.11. The first kappa shape index (κ1) is 27.0. The Hall–Kier alpha value is -3.63. The van der Waals surface area contributed by atoms with Crippen LogP contribution in [-0.4, -0.2) is 28.8 Å². The molecule has 5 rings (SSSR count). The molecule has 1 fully saturated rings. The van der Waals surface area contributed by atoms with Crippen molar-refractivity contribution < 1.29 is 17.2 Å². The molecule has 1 aliphatic carbocycles. The minimum absolute atomic E-state index is 0.00662. The fraction of sp³-hybridized carbons (Fsp3) is 0.250. The second kappa shape index (κ2) is 9.53. The second-order valence-electron chi connectivity index (χ2n) is 9.83. The monoisotopic (exact) mass is 571 g/mol. The highest BCUT2D eigenvalue weighted by molar-refractivity contribution is 7.90. The van der Waals surface area contributed by atoms with Crippen molar-refractivity contribution in [3.05, 3.63) is 109 Å². The lowest BCUT2D eigenvalue weighted by Gasteiger charge is -2.18. The number of hydrogen-bond acceptors (Lipinski definition) is 5. The molecule has 3 heterocycles. The molecule has 0 radical (unpaired) electrons. The normalized spacial score (nSPS) is 16.9. The van der Waals surface area contributed by atoms with Gasteiger partial charge in [0.1, 0.15) is 15.6 Å². The van der Waals surface area contributed by atoms with E-state index in [-0.39, 0.29) is 33.7 Å². The average molecular weight is 572 g/mol. The molecule has 3 aromatic heterocycles. The van der Waals surface area contributed by atoms with Gasteiger partial charge in [-0.05, 0) is 61.6 Å². The molecule has 39 heavy (non-hydrogen) atoms. The van der Waals surface area contributed by atoms with E-state index in [0.717, 1.165) is 22.6 Å². The van der Waals surface area contributed by atoms with Gasteiger partial charge in [0.25, 0.3) is 5.56 Å². The van der Waals surface area contributed by atoms with Crippen LogP contribution >= 0.6 is 11.6 Å². The smallest absolute Gasteiger partial charge is 0.274 e. The summed E-state index contributed by atoms with van der Waals surface area (Å²) in [7, 11) is -2.23. The Morgan fingerprint density at radius 3 is 2.41 bits per heavy atom. The quantitative estimate of drug-likeness (QED) is 0.342. The molecular formula is C28H24ClF2N3O4S. The van der Waals surface area contributed by atoms with Crippen LogP contribution in [0.3, 0.4) is 0 Å². The van der Waals surface area contributed by atoms with Crippen LogP contribution in [0, 0.1) is 25.5 Å². The zero-order valence-corrected chi connectivity index (χ0v) is 23.1. The van der Waals surface area contributed by atoms with E-state index < -0.39 is 37.6 Å².